The van der Waals surface area contributed by atoms with Crippen molar-refractivity contribution in [2.24, 2.45) is 11.8 Å². The van der Waals surface area contributed by atoms with Crippen LogP contribution in [0.3, 0.4) is 0 Å². The molecule has 1 saturated heterocycles. The molecule has 2 N–H and O–H groups in total. The van der Waals surface area contributed by atoms with Gasteiger partial charge < -0.3 is 10.6 Å². The molecule has 2 unspecified atom stereocenters. The fraction of sp³-hybridized carbons (Fsp3) is 0.462. The average molecular weight is 234 g/mol. The van der Waals surface area contributed by atoms with Gasteiger partial charge >= 0.3 is 0 Å². The van der Waals surface area contributed by atoms with E-state index in [1.54, 1.807) is 19.1 Å². The molecule has 1 aromatic carbocycles. The molecule has 1 heterocycles. The van der Waals surface area contributed by atoms with E-state index in [-0.39, 0.29) is 17.5 Å². The first kappa shape index (κ1) is 10.7. The number of piperidine rings is 1. The van der Waals surface area contributed by atoms with Gasteiger partial charge in [-0.2, -0.15) is 0 Å². The smallest absolute Gasteiger partial charge is 0.254 e. The van der Waals surface area contributed by atoms with Crippen molar-refractivity contribution in [2.45, 2.75) is 13.0 Å². The zero-order valence-electron chi connectivity index (χ0n) is 9.66. The van der Waals surface area contributed by atoms with E-state index in [2.05, 4.69) is 10.6 Å². The Morgan fingerprint density at radius 3 is 2.82 bits per heavy atom. The highest BCUT2D eigenvalue weighted by Crippen LogP contribution is 2.41. The van der Waals surface area contributed by atoms with E-state index in [0.29, 0.717) is 17.4 Å². The second-order valence-electron chi connectivity index (χ2n) is 4.92. The molecule has 2 fully saturated rings. The number of hydrogen-bond acceptors (Lipinski definition) is 2. The number of rotatable bonds is 2. The standard InChI is InChI=1S/C13H15FN2O/c1-7-3-2-4-8(11(7)14)13(17)16-12-9-5-15-6-10(9)12/h2-4,9-10,12,15H,5-6H2,1H3,(H,16,17). The fourth-order valence-electron chi connectivity index (χ4n) is 2.68. The lowest BCUT2D eigenvalue weighted by molar-refractivity contribution is 0.0942. The summed E-state index contributed by atoms with van der Waals surface area (Å²) in [4.78, 5) is 11.9. The molecule has 3 rings (SSSR count). The van der Waals surface area contributed by atoms with E-state index < -0.39 is 5.82 Å². The summed E-state index contributed by atoms with van der Waals surface area (Å²) >= 11 is 0. The lowest BCUT2D eigenvalue weighted by atomic mass is 10.1. The highest BCUT2D eigenvalue weighted by molar-refractivity contribution is 5.95. The van der Waals surface area contributed by atoms with Crippen LogP contribution >= 0.6 is 0 Å². The molecule has 1 aliphatic heterocycles. The molecule has 0 radical (unpaired) electrons. The summed E-state index contributed by atoms with van der Waals surface area (Å²) in [5.41, 5.74) is 0.665. The molecular formula is C13H15FN2O. The number of aryl methyl sites for hydroxylation is 1. The summed E-state index contributed by atoms with van der Waals surface area (Å²) in [6, 6.07) is 5.15. The predicted octanol–water partition coefficient (Wildman–Crippen LogP) is 1.08. The molecule has 0 spiro atoms. The van der Waals surface area contributed by atoms with Crippen molar-refractivity contribution < 1.29 is 9.18 Å². The molecule has 90 valence electrons. The lowest BCUT2D eigenvalue weighted by Gasteiger charge is -2.09. The third-order valence-corrected chi connectivity index (χ3v) is 3.83. The number of carbonyl (C=O) groups is 1. The number of nitrogens with one attached hydrogen (secondary N) is 2. The molecular weight excluding hydrogens is 219 g/mol. The SMILES string of the molecule is Cc1cccc(C(=O)NC2C3CNCC32)c1F. The summed E-state index contributed by atoms with van der Waals surface area (Å²) in [5.74, 6) is 0.401. The molecule has 1 aliphatic carbocycles. The van der Waals surface area contributed by atoms with Crippen molar-refractivity contribution >= 4 is 5.91 Å². The van der Waals surface area contributed by atoms with Gasteiger partial charge in [-0.1, -0.05) is 12.1 Å². The second kappa shape index (κ2) is 3.81. The first-order chi connectivity index (χ1) is 8.18. The Bertz CT molecular complexity index is 464. The number of benzene rings is 1. The maximum Gasteiger partial charge on any atom is 0.254 e. The van der Waals surface area contributed by atoms with Crippen LogP contribution in [0.4, 0.5) is 4.39 Å². The zero-order chi connectivity index (χ0) is 12.0. The summed E-state index contributed by atoms with van der Waals surface area (Å²) in [5, 5.41) is 6.18. The van der Waals surface area contributed by atoms with Crippen LogP contribution < -0.4 is 10.6 Å². The minimum absolute atomic E-state index is 0.155. The Kier molecular flexibility index (Phi) is 2.40. The number of carbonyl (C=O) groups excluding carboxylic acids is 1. The Hall–Kier alpha value is -1.42. The van der Waals surface area contributed by atoms with Crippen LogP contribution in [0, 0.1) is 24.6 Å². The molecule has 0 aromatic heterocycles. The topological polar surface area (TPSA) is 41.1 Å². The first-order valence-corrected chi connectivity index (χ1v) is 5.95. The number of hydrogen-bond donors (Lipinski definition) is 2. The van der Waals surface area contributed by atoms with Crippen molar-refractivity contribution in [1.29, 1.82) is 0 Å². The maximum atomic E-state index is 13.7. The monoisotopic (exact) mass is 234 g/mol. The molecule has 1 aromatic rings. The minimum atomic E-state index is -0.408. The zero-order valence-corrected chi connectivity index (χ0v) is 9.66. The summed E-state index contributed by atoms with van der Waals surface area (Å²) < 4.78 is 13.7. The van der Waals surface area contributed by atoms with Crippen LogP contribution in [0.5, 0.6) is 0 Å². The van der Waals surface area contributed by atoms with Gasteiger partial charge in [0.05, 0.1) is 5.56 Å². The third-order valence-electron chi connectivity index (χ3n) is 3.83. The summed E-state index contributed by atoms with van der Waals surface area (Å²) in [7, 11) is 0. The van der Waals surface area contributed by atoms with E-state index in [9.17, 15) is 9.18 Å². The Morgan fingerprint density at radius 2 is 2.12 bits per heavy atom. The van der Waals surface area contributed by atoms with Gasteiger partial charge in [-0.3, -0.25) is 4.79 Å². The van der Waals surface area contributed by atoms with Gasteiger partial charge in [-0.05, 0) is 30.4 Å². The second-order valence-corrected chi connectivity index (χ2v) is 4.92. The third kappa shape index (κ3) is 1.72. The minimum Gasteiger partial charge on any atom is -0.349 e. The number of halogens is 1. The summed E-state index contributed by atoms with van der Waals surface area (Å²) in [6.45, 7) is 3.60. The highest BCUT2D eigenvalue weighted by Gasteiger charge is 2.53. The molecule has 0 bridgehead atoms. The van der Waals surface area contributed by atoms with Crippen LogP contribution in [0.15, 0.2) is 18.2 Å². The number of amides is 1. The van der Waals surface area contributed by atoms with Crippen molar-refractivity contribution in [2.75, 3.05) is 13.1 Å². The van der Waals surface area contributed by atoms with Crippen LogP contribution in [0.25, 0.3) is 0 Å². The van der Waals surface area contributed by atoms with E-state index >= 15 is 0 Å². The van der Waals surface area contributed by atoms with E-state index in [4.69, 9.17) is 0 Å². The Labute approximate surface area is 99.4 Å². The predicted molar refractivity (Wildman–Crippen MR) is 62.2 cm³/mol. The van der Waals surface area contributed by atoms with Gasteiger partial charge in [0.15, 0.2) is 0 Å². The van der Waals surface area contributed by atoms with Gasteiger partial charge in [0, 0.05) is 19.1 Å². The Balaban J connectivity index is 1.72. The Morgan fingerprint density at radius 1 is 1.41 bits per heavy atom. The van der Waals surface area contributed by atoms with Crippen molar-refractivity contribution in [3.8, 4) is 0 Å². The molecule has 3 nitrogen and oxygen atoms in total. The van der Waals surface area contributed by atoms with Gasteiger partial charge in [0.1, 0.15) is 5.82 Å². The molecule has 4 heteroatoms. The van der Waals surface area contributed by atoms with Crippen LogP contribution in [-0.4, -0.2) is 25.0 Å². The molecule has 17 heavy (non-hydrogen) atoms. The highest BCUT2D eigenvalue weighted by atomic mass is 19.1. The summed E-state index contributed by atoms with van der Waals surface area (Å²) in [6.07, 6.45) is 0. The van der Waals surface area contributed by atoms with E-state index in [0.717, 1.165) is 13.1 Å². The quantitative estimate of drug-likeness (QED) is 0.804. The van der Waals surface area contributed by atoms with Crippen LogP contribution in [0.2, 0.25) is 0 Å². The van der Waals surface area contributed by atoms with E-state index in [1.165, 1.54) is 6.07 Å². The fourth-order valence-corrected chi connectivity index (χ4v) is 2.68. The van der Waals surface area contributed by atoms with E-state index in [1.807, 2.05) is 0 Å². The largest absolute Gasteiger partial charge is 0.349 e. The number of fused-ring (bicyclic) bond motifs is 1. The van der Waals surface area contributed by atoms with Gasteiger partial charge in [-0.25, -0.2) is 4.39 Å². The molecule has 2 aliphatic rings. The molecule has 1 amide bonds. The van der Waals surface area contributed by atoms with Gasteiger partial charge in [0.25, 0.3) is 5.91 Å². The maximum absolute atomic E-state index is 13.7. The molecule has 2 atom stereocenters. The van der Waals surface area contributed by atoms with Crippen molar-refractivity contribution in [3.05, 3.63) is 35.1 Å². The lowest BCUT2D eigenvalue weighted by Crippen LogP contribution is -2.33. The average Bonchev–Trinajstić information content (AvgIpc) is 2.76. The molecule has 1 saturated carbocycles. The van der Waals surface area contributed by atoms with Crippen molar-refractivity contribution in [3.63, 3.8) is 0 Å². The van der Waals surface area contributed by atoms with Gasteiger partial charge in [-0.15, -0.1) is 0 Å². The first-order valence-electron chi connectivity index (χ1n) is 5.95. The van der Waals surface area contributed by atoms with Crippen LogP contribution in [0.1, 0.15) is 15.9 Å². The van der Waals surface area contributed by atoms with Gasteiger partial charge in [0.2, 0.25) is 0 Å². The van der Waals surface area contributed by atoms with Crippen LogP contribution in [-0.2, 0) is 0 Å². The normalized spacial score (nSPS) is 29.9. The van der Waals surface area contributed by atoms with Crippen molar-refractivity contribution in [1.82, 2.24) is 10.6 Å².